The van der Waals surface area contributed by atoms with E-state index in [-0.39, 0.29) is 11.6 Å². The number of carbonyl (C=O) groups excluding carboxylic acids is 1. The highest BCUT2D eigenvalue weighted by atomic mass is 16.6. The van der Waals surface area contributed by atoms with Crippen LogP contribution in [0.15, 0.2) is 48.7 Å². The summed E-state index contributed by atoms with van der Waals surface area (Å²) in [6.45, 7) is 2.05. The number of nitrogens with zero attached hydrogens (tertiary/aromatic N) is 3. The number of ether oxygens (including phenoxy) is 1. The first-order chi connectivity index (χ1) is 13.1. The third-order valence-corrected chi connectivity index (χ3v) is 3.97. The number of pyridine rings is 1. The minimum Gasteiger partial charge on any atom is -0.385 e. The molecule has 8 heteroatoms. The lowest BCUT2D eigenvalue weighted by atomic mass is 10.2. The summed E-state index contributed by atoms with van der Waals surface area (Å²) in [7, 11) is 1.61. The molecule has 2 aromatic rings. The molecule has 1 heterocycles. The van der Waals surface area contributed by atoms with Crippen molar-refractivity contribution in [3.63, 3.8) is 0 Å². The number of aromatic nitrogens is 1. The second kappa shape index (κ2) is 10.9. The topological polar surface area (TPSA) is 97.6 Å². The summed E-state index contributed by atoms with van der Waals surface area (Å²) < 4.78 is 5.10. The van der Waals surface area contributed by atoms with Gasteiger partial charge in [0.1, 0.15) is 0 Å². The van der Waals surface area contributed by atoms with Crippen molar-refractivity contribution in [1.29, 1.82) is 0 Å². The van der Waals surface area contributed by atoms with Crippen LogP contribution in [0.25, 0.3) is 0 Å². The highest BCUT2D eigenvalue weighted by Gasteiger charge is 2.14. The minimum absolute atomic E-state index is 0.0446. The van der Waals surface area contributed by atoms with Gasteiger partial charge in [0.15, 0.2) is 0 Å². The quantitative estimate of drug-likeness (QED) is 0.370. The van der Waals surface area contributed by atoms with Gasteiger partial charge in [-0.15, -0.1) is 0 Å². The standard InChI is InChI=1S/C19H24N4O4/c1-27-14-13-22(15-17-5-2-3-11-21-17)19(24)6-4-12-20-16-7-9-18(10-8-16)23(25)26/h2-3,5,7-11,20H,4,6,12-15H2,1H3. The molecule has 144 valence electrons. The largest absolute Gasteiger partial charge is 0.385 e. The van der Waals surface area contributed by atoms with Crippen LogP contribution in [0.3, 0.4) is 0 Å². The first-order valence-corrected chi connectivity index (χ1v) is 8.75. The summed E-state index contributed by atoms with van der Waals surface area (Å²) in [5, 5.41) is 13.8. The molecule has 0 spiro atoms. The molecule has 0 fully saturated rings. The van der Waals surface area contributed by atoms with Gasteiger partial charge >= 0.3 is 0 Å². The third-order valence-electron chi connectivity index (χ3n) is 3.97. The van der Waals surface area contributed by atoms with Crippen LogP contribution in [0.2, 0.25) is 0 Å². The molecular weight excluding hydrogens is 348 g/mol. The normalized spacial score (nSPS) is 10.4. The highest BCUT2D eigenvalue weighted by molar-refractivity contribution is 5.76. The van der Waals surface area contributed by atoms with Crippen LogP contribution in [0, 0.1) is 10.1 Å². The van der Waals surface area contributed by atoms with Gasteiger partial charge < -0.3 is 15.0 Å². The van der Waals surface area contributed by atoms with Gasteiger partial charge in [-0.2, -0.15) is 0 Å². The van der Waals surface area contributed by atoms with E-state index in [0.29, 0.717) is 39.1 Å². The van der Waals surface area contributed by atoms with E-state index in [0.717, 1.165) is 11.4 Å². The van der Waals surface area contributed by atoms with Gasteiger partial charge in [0, 0.05) is 50.6 Å². The minimum atomic E-state index is -0.432. The summed E-state index contributed by atoms with van der Waals surface area (Å²) in [5.74, 6) is 0.0446. The van der Waals surface area contributed by atoms with Gasteiger partial charge in [-0.05, 0) is 30.7 Å². The fourth-order valence-electron chi connectivity index (χ4n) is 2.51. The van der Waals surface area contributed by atoms with Crippen molar-refractivity contribution < 1.29 is 14.5 Å². The number of nitro groups is 1. The van der Waals surface area contributed by atoms with Crippen LogP contribution in [0.4, 0.5) is 11.4 Å². The van der Waals surface area contributed by atoms with Gasteiger partial charge in [0.05, 0.1) is 23.8 Å². The maximum Gasteiger partial charge on any atom is 0.269 e. The lowest BCUT2D eigenvalue weighted by Gasteiger charge is -2.22. The Labute approximate surface area is 158 Å². The van der Waals surface area contributed by atoms with E-state index < -0.39 is 4.92 Å². The Kier molecular flexibility index (Phi) is 8.18. The molecule has 8 nitrogen and oxygen atoms in total. The molecule has 0 radical (unpaired) electrons. The predicted molar refractivity (Wildman–Crippen MR) is 102 cm³/mol. The first kappa shape index (κ1) is 20.3. The number of nitro benzene ring substituents is 1. The summed E-state index contributed by atoms with van der Waals surface area (Å²) in [4.78, 5) is 28.8. The highest BCUT2D eigenvalue weighted by Crippen LogP contribution is 2.15. The first-order valence-electron chi connectivity index (χ1n) is 8.75. The Balaban J connectivity index is 1.79. The van der Waals surface area contributed by atoms with Crippen LogP contribution >= 0.6 is 0 Å². The molecule has 0 saturated heterocycles. The lowest BCUT2D eigenvalue weighted by molar-refractivity contribution is -0.384. The maximum atomic E-state index is 12.5. The zero-order chi connectivity index (χ0) is 19.5. The van der Waals surface area contributed by atoms with Crippen LogP contribution < -0.4 is 5.32 Å². The van der Waals surface area contributed by atoms with Crippen molar-refractivity contribution in [2.75, 3.05) is 32.1 Å². The maximum absolute atomic E-state index is 12.5. The molecule has 0 aliphatic carbocycles. The number of benzene rings is 1. The zero-order valence-corrected chi connectivity index (χ0v) is 15.3. The molecule has 0 atom stereocenters. The van der Waals surface area contributed by atoms with E-state index in [2.05, 4.69) is 10.3 Å². The Hall–Kier alpha value is -3.00. The van der Waals surface area contributed by atoms with Crippen molar-refractivity contribution >= 4 is 17.3 Å². The van der Waals surface area contributed by atoms with E-state index in [9.17, 15) is 14.9 Å². The number of methoxy groups -OCH3 is 1. The molecule has 0 bridgehead atoms. The van der Waals surface area contributed by atoms with Crippen molar-refractivity contribution in [2.24, 2.45) is 0 Å². The number of non-ortho nitro benzene ring substituents is 1. The Morgan fingerprint density at radius 2 is 2.04 bits per heavy atom. The van der Waals surface area contributed by atoms with Crippen LogP contribution in [-0.2, 0) is 16.1 Å². The smallest absolute Gasteiger partial charge is 0.269 e. The summed E-state index contributed by atoms with van der Waals surface area (Å²) in [6, 6.07) is 11.9. The molecular formula is C19H24N4O4. The van der Waals surface area contributed by atoms with Crippen LogP contribution in [0.1, 0.15) is 18.5 Å². The summed E-state index contributed by atoms with van der Waals surface area (Å²) in [5.41, 5.74) is 1.68. The predicted octanol–water partition coefficient (Wildman–Crippen LogP) is 2.86. The number of nitrogens with one attached hydrogen (secondary N) is 1. The third kappa shape index (κ3) is 7.02. The molecule has 2 rings (SSSR count). The molecule has 1 N–H and O–H groups in total. The van der Waals surface area contributed by atoms with Gasteiger partial charge in [0.25, 0.3) is 5.69 Å². The monoisotopic (exact) mass is 372 g/mol. The average Bonchev–Trinajstić information content (AvgIpc) is 2.69. The van der Waals surface area contributed by atoms with E-state index in [1.807, 2.05) is 18.2 Å². The van der Waals surface area contributed by atoms with Gasteiger partial charge in [-0.3, -0.25) is 19.9 Å². The van der Waals surface area contributed by atoms with Crippen LogP contribution in [-0.4, -0.2) is 47.5 Å². The lowest BCUT2D eigenvalue weighted by Crippen LogP contribution is -2.33. The molecule has 0 aliphatic rings. The fraction of sp³-hybridized carbons (Fsp3) is 0.368. The van der Waals surface area contributed by atoms with Crippen molar-refractivity contribution in [1.82, 2.24) is 9.88 Å². The summed E-state index contributed by atoms with van der Waals surface area (Å²) >= 11 is 0. The molecule has 0 saturated carbocycles. The van der Waals surface area contributed by atoms with E-state index >= 15 is 0 Å². The SMILES string of the molecule is COCCN(Cc1ccccn1)C(=O)CCCNc1ccc([N+](=O)[O-])cc1. The number of hydrogen-bond acceptors (Lipinski definition) is 6. The number of amides is 1. The number of hydrogen-bond donors (Lipinski definition) is 1. The molecule has 27 heavy (non-hydrogen) atoms. The number of rotatable bonds is 11. The summed E-state index contributed by atoms with van der Waals surface area (Å²) in [6.07, 6.45) is 2.76. The molecule has 1 aromatic heterocycles. The molecule has 1 amide bonds. The number of carbonyl (C=O) groups is 1. The van der Waals surface area contributed by atoms with Gasteiger partial charge in [-0.1, -0.05) is 6.07 Å². The second-order valence-corrected chi connectivity index (χ2v) is 5.96. The van der Waals surface area contributed by atoms with Crippen molar-refractivity contribution in [3.8, 4) is 0 Å². The van der Waals surface area contributed by atoms with Crippen molar-refractivity contribution in [3.05, 3.63) is 64.5 Å². The molecule has 0 aliphatic heterocycles. The number of anilines is 1. The zero-order valence-electron chi connectivity index (χ0n) is 15.3. The van der Waals surface area contributed by atoms with E-state index in [4.69, 9.17) is 4.74 Å². The van der Waals surface area contributed by atoms with Crippen molar-refractivity contribution in [2.45, 2.75) is 19.4 Å². The second-order valence-electron chi connectivity index (χ2n) is 5.96. The van der Waals surface area contributed by atoms with E-state index in [1.54, 1.807) is 30.3 Å². The molecule has 0 unspecified atom stereocenters. The Bertz CT molecular complexity index is 722. The van der Waals surface area contributed by atoms with Crippen LogP contribution in [0.5, 0.6) is 0 Å². The fourth-order valence-corrected chi connectivity index (χ4v) is 2.51. The molecule has 1 aromatic carbocycles. The Morgan fingerprint density at radius 1 is 1.26 bits per heavy atom. The van der Waals surface area contributed by atoms with E-state index in [1.165, 1.54) is 12.1 Å². The van der Waals surface area contributed by atoms with Gasteiger partial charge in [-0.25, -0.2) is 0 Å². The Morgan fingerprint density at radius 3 is 2.67 bits per heavy atom. The van der Waals surface area contributed by atoms with Gasteiger partial charge in [0.2, 0.25) is 5.91 Å². The average molecular weight is 372 g/mol.